The molecule has 0 bridgehead atoms. The van der Waals surface area contributed by atoms with E-state index in [9.17, 15) is 31.9 Å². The lowest BCUT2D eigenvalue weighted by Gasteiger charge is -2.33. The van der Waals surface area contributed by atoms with Gasteiger partial charge in [-0.3, -0.25) is 4.90 Å². The largest absolute Gasteiger partial charge is 0.416 e. The van der Waals surface area contributed by atoms with E-state index in [1.807, 2.05) is 0 Å². The van der Waals surface area contributed by atoms with Crippen LogP contribution in [0.15, 0.2) is 90.5 Å². The molecular formula is C29H26F5N7O2. The topological polar surface area (TPSA) is 94.0 Å². The van der Waals surface area contributed by atoms with Crippen LogP contribution in [0.3, 0.4) is 0 Å². The van der Waals surface area contributed by atoms with Crippen molar-refractivity contribution in [2.75, 3.05) is 13.6 Å². The smallest absolute Gasteiger partial charge is 0.382 e. The highest BCUT2D eigenvalue weighted by Gasteiger charge is 2.35. The van der Waals surface area contributed by atoms with Crippen molar-refractivity contribution >= 4 is 0 Å². The Kier molecular flexibility index (Phi) is 8.24. The second-order valence-corrected chi connectivity index (χ2v) is 10.2. The Labute approximate surface area is 242 Å². The van der Waals surface area contributed by atoms with Gasteiger partial charge >= 0.3 is 11.9 Å². The first-order valence-electron chi connectivity index (χ1n) is 13.0. The molecule has 5 aromatic rings. The van der Waals surface area contributed by atoms with Crippen LogP contribution in [-0.2, 0) is 31.4 Å². The summed E-state index contributed by atoms with van der Waals surface area (Å²) in [4.78, 5) is 18.5. The minimum absolute atomic E-state index is 0.0427. The Morgan fingerprint density at radius 1 is 0.930 bits per heavy atom. The minimum atomic E-state index is -4.50. The fourth-order valence-electron chi connectivity index (χ4n) is 4.89. The van der Waals surface area contributed by atoms with Crippen molar-refractivity contribution < 1.29 is 27.1 Å². The zero-order valence-electron chi connectivity index (χ0n) is 22.8. The quantitative estimate of drug-likeness (QED) is 0.244. The Bertz CT molecular complexity index is 1750. The number of likely N-dealkylation sites (N-methyl/N-ethyl adjacent to an activating group) is 1. The summed E-state index contributed by atoms with van der Waals surface area (Å²) >= 11 is 0. The SMILES string of the molecule is CN(Cc1ccc(-n2cnn(Cc3cccc(C(F)(F)F)c3)c2=O)cc1)CC(O)(Cn1cncn1)c1ccc(F)cc1F. The highest BCUT2D eigenvalue weighted by Crippen LogP contribution is 2.30. The molecule has 1 unspecified atom stereocenters. The molecule has 14 heteroatoms. The van der Waals surface area contributed by atoms with Gasteiger partial charge in [0, 0.05) is 24.7 Å². The van der Waals surface area contributed by atoms with Crippen LogP contribution in [0, 0.1) is 11.6 Å². The van der Waals surface area contributed by atoms with Crippen molar-refractivity contribution in [2.45, 2.75) is 31.4 Å². The van der Waals surface area contributed by atoms with Gasteiger partial charge in [-0.15, -0.1) is 0 Å². The fourth-order valence-corrected chi connectivity index (χ4v) is 4.89. The van der Waals surface area contributed by atoms with Crippen LogP contribution in [0.25, 0.3) is 5.69 Å². The van der Waals surface area contributed by atoms with Gasteiger partial charge in [0.25, 0.3) is 0 Å². The Morgan fingerprint density at radius 2 is 1.70 bits per heavy atom. The molecule has 3 aromatic carbocycles. The fraction of sp³-hybridized carbons (Fsp3) is 0.241. The second kappa shape index (κ2) is 11.9. The maximum absolute atomic E-state index is 14.7. The number of nitrogens with zero attached hydrogens (tertiary/aromatic N) is 7. The van der Waals surface area contributed by atoms with Gasteiger partial charge in [-0.25, -0.2) is 32.5 Å². The van der Waals surface area contributed by atoms with Gasteiger partial charge in [0.2, 0.25) is 0 Å². The molecule has 0 fully saturated rings. The van der Waals surface area contributed by atoms with Crippen molar-refractivity contribution in [2.24, 2.45) is 0 Å². The number of benzene rings is 3. The molecule has 0 amide bonds. The van der Waals surface area contributed by atoms with Gasteiger partial charge in [0.1, 0.15) is 36.2 Å². The standard InChI is InChI=1S/C29H26F5N7O2/c1-38(15-28(43,16-39-18-35-17-36-39)25-10-7-23(30)12-26(25)31)13-20-5-8-24(9-6-20)40-19-37-41(27(40)42)14-21-3-2-4-22(11-21)29(32,33)34/h2-12,17-19,43H,13-16H2,1H3. The normalized spacial score (nSPS) is 13.4. The van der Waals surface area contributed by atoms with E-state index in [4.69, 9.17) is 0 Å². The summed E-state index contributed by atoms with van der Waals surface area (Å²) in [5.41, 5.74) is -1.62. The molecular weight excluding hydrogens is 573 g/mol. The molecule has 0 aliphatic rings. The molecule has 0 saturated carbocycles. The molecule has 1 atom stereocenters. The van der Waals surface area contributed by atoms with E-state index >= 15 is 0 Å². The number of hydrogen-bond donors (Lipinski definition) is 1. The number of aliphatic hydroxyl groups is 1. The number of halogens is 5. The van der Waals surface area contributed by atoms with Crippen LogP contribution in [0.4, 0.5) is 22.0 Å². The molecule has 224 valence electrons. The summed E-state index contributed by atoms with van der Waals surface area (Å²) in [5.74, 6) is -1.66. The monoisotopic (exact) mass is 599 g/mol. The van der Waals surface area contributed by atoms with Crippen molar-refractivity contribution in [1.29, 1.82) is 0 Å². The van der Waals surface area contributed by atoms with Crippen molar-refractivity contribution in [1.82, 2.24) is 34.0 Å². The Balaban J connectivity index is 1.29. The first-order valence-corrected chi connectivity index (χ1v) is 13.0. The van der Waals surface area contributed by atoms with Gasteiger partial charge in [0.05, 0.1) is 24.3 Å². The summed E-state index contributed by atoms with van der Waals surface area (Å²) in [7, 11) is 1.73. The third-order valence-corrected chi connectivity index (χ3v) is 6.84. The molecule has 2 aromatic heterocycles. The van der Waals surface area contributed by atoms with E-state index < -0.39 is 34.7 Å². The molecule has 9 nitrogen and oxygen atoms in total. The highest BCUT2D eigenvalue weighted by molar-refractivity contribution is 5.34. The molecule has 0 aliphatic carbocycles. The number of rotatable bonds is 10. The summed E-state index contributed by atoms with van der Waals surface area (Å²) in [6.45, 7) is 0.0163. The average molecular weight is 600 g/mol. The zero-order valence-corrected chi connectivity index (χ0v) is 22.8. The third-order valence-electron chi connectivity index (χ3n) is 6.84. The van der Waals surface area contributed by atoms with Crippen LogP contribution in [0.5, 0.6) is 0 Å². The van der Waals surface area contributed by atoms with Gasteiger partial charge in [0.15, 0.2) is 0 Å². The molecule has 1 N–H and O–H groups in total. The van der Waals surface area contributed by atoms with E-state index in [1.54, 1.807) is 36.2 Å². The molecule has 0 radical (unpaired) electrons. The average Bonchev–Trinajstić information content (AvgIpc) is 3.58. The number of hydrogen-bond acceptors (Lipinski definition) is 6. The lowest BCUT2D eigenvalue weighted by Crippen LogP contribution is -2.43. The first kappa shape index (κ1) is 29.8. The Morgan fingerprint density at radius 3 is 2.37 bits per heavy atom. The van der Waals surface area contributed by atoms with Crippen LogP contribution in [-0.4, -0.2) is 52.7 Å². The zero-order chi connectivity index (χ0) is 30.8. The molecule has 0 aliphatic heterocycles. The molecule has 0 saturated heterocycles. The molecule has 0 spiro atoms. The van der Waals surface area contributed by atoms with E-state index in [1.165, 1.54) is 46.4 Å². The predicted octanol–water partition coefficient (Wildman–Crippen LogP) is 3.99. The summed E-state index contributed by atoms with van der Waals surface area (Å²) in [6.07, 6.45) is -0.538. The van der Waals surface area contributed by atoms with Gasteiger partial charge in [-0.05, 0) is 48.5 Å². The molecule has 43 heavy (non-hydrogen) atoms. The van der Waals surface area contributed by atoms with Gasteiger partial charge in [-0.2, -0.15) is 23.4 Å². The molecule has 2 heterocycles. The summed E-state index contributed by atoms with van der Waals surface area (Å²) in [6, 6.07) is 14.6. The maximum atomic E-state index is 14.7. The highest BCUT2D eigenvalue weighted by atomic mass is 19.4. The van der Waals surface area contributed by atoms with Crippen LogP contribution >= 0.6 is 0 Å². The van der Waals surface area contributed by atoms with Crippen LogP contribution < -0.4 is 5.69 Å². The minimum Gasteiger partial charge on any atom is -0.382 e. The van der Waals surface area contributed by atoms with Crippen molar-refractivity contribution in [3.63, 3.8) is 0 Å². The summed E-state index contributed by atoms with van der Waals surface area (Å²) < 4.78 is 71.2. The van der Waals surface area contributed by atoms with E-state index in [0.717, 1.165) is 28.4 Å². The van der Waals surface area contributed by atoms with E-state index in [2.05, 4.69) is 15.2 Å². The number of aromatic nitrogens is 6. The van der Waals surface area contributed by atoms with Crippen molar-refractivity contribution in [3.05, 3.63) is 130 Å². The Hall–Kier alpha value is -4.69. The van der Waals surface area contributed by atoms with E-state index in [0.29, 0.717) is 18.3 Å². The predicted molar refractivity (Wildman–Crippen MR) is 145 cm³/mol. The summed E-state index contributed by atoms with van der Waals surface area (Å²) in [5, 5.41) is 19.6. The number of alkyl halides is 3. The van der Waals surface area contributed by atoms with E-state index in [-0.39, 0.29) is 30.8 Å². The lowest BCUT2D eigenvalue weighted by atomic mass is 9.92. The molecule has 5 rings (SSSR count). The first-order chi connectivity index (χ1) is 20.4. The lowest BCUT2D eigenvalue weighted by molar-refractivity contribution is -0.137. The van der Waals surface area contributed by atoms with Crippen LogP contribution in [0.2, 0.25) is 0 Å². The third kappa shape index (κ3) is 6.87. The van der Waals surface area contributed by atoms with Crippen molar-refractivity contribution in [3.8, 4) is 5.69 Å². The van der Waals surface area contributed by atoms with Gasteiger partial charge < -0.3 is 5.11 Å². The van der Waals surface area contributed by atoms with Gasteiger partial charge in [-0.1, -0.05) is 30.3 Å². The maximum Gasteiger partial charge on any atom is 0.416 e. The van der Waals surface area contributed by atoms with Crippen LogP contribution in [0.1, 0.15) is 22.3 Å². The second-order valence-electron chi connectivity index (χ2n) is 10.2.